The van der Waals surface area contributed by atoms with Gasteiger partial charge < -0.3 is 5.32 Å². The summed E-state index contributed by atoms with van der Waals surface area (Å²) >= 11 is 0. The molecule has 1 amide bonds. The highest BCUT2D eigenvalue weighted by molar-refractivity contribution is 5.74. The van der Waals surface area contributed by atoms with Crippen LogP contribution < -0.4 is 5.32 Å². The number of hydrogen-bond donors (Lipinski definition) is 1. The Kier molecular flexibility index (Phi) is 4.07. The molecule has 3 nitrogen and oxygen atoms in total. The summed E-state index contributed by atoms with van der Waals surface area (Å²) < 4.78 is 0. The molecule has 0 aliphatic rings. The van der Waals surface area contributed by atoms with Gasteiger partial charge in [0.25, 0.3) is 0 Å². The van der Waals surface area contributed by atoms with Crippen LogP contribution in [-0.4, -0.2) is 11.4 Å². The minimum Gasteiger partial charge on any atom is -0.338 e. The average molecular weight is 216 g/mol. The summed E-state index contributed by atoms with van der Waals surface area (Å²) in [5, 5.41) is 12.0. The smallest absolute Gasteiger partial charge is 0.218 e. The summed E-state index contributed by atoms with van der Waals surface area (Å²) in [4.78, 5) is 11.1. The Labute approximate surface area is 96.1 Å². The van der Waals surface area contributed by atoms with Gasteiger partial charge in [-0.25, -0.2) is 0 Å². The maximum atomic E-state index is 11.1. The topological polar surface area (TPSA) is 52.9 Å². The molecular formula is C13H16N2O. The number of nitriles is 1. The molecule has 84 valence electrons. The molecule has 0 fully saturated rings. The molecule has 1 unspecified atom stereocenters. The van der Waals surface area contributed by atoms with Crippen molar-refractivity contribution in [1.82, 2.24) is 5.32 Å². The number of carbonyl (C=O) groups excluding carboxylic acids is 1. The van der Waals surface area contributed by atoms with Crippen LogP contribution >= 0.6 is 0 Å². The summed E-state index contributed by atoms with van der Waals surface area (Å²) in [5.74, 6) is -0.167. The van der Waals surface area contributed by atoms with Gasteiger partial charge in [0.05, 0.1) is 6.07 Å². The van der Waals surface area contributed by atoms with Crippen LogP contribution in [0.4, 0.5) is 0 Å². The molecule has 1 rings (SSSR count). The van der Waals surface area contributed by atoms with Crippen molar-refractivity contribution >= 4 is 5.91 Å². The third-order valence-corrected chi connectivity index (χ3v) is 2.58. The zero-order valence-corrected chi connectivity index (χ0v) is 9.66. The average Bonchev–Trinajstić information content (AvgIpc) is 2.29. The molecule has 0 bridgehead atoms. The van der Waals surface area contributed by atoms with Crippen LogP contribution in [0.3, 0.4) is 0 Å². The first-order valence-corrected chi connectivity index (χ1v) is 5.36. The fourth-order valence-electron chi connectivity index (χ4n) is 1.69. The molecular weight excluding hydrogens is 200 g/mol. The molecule has 1 N–H and O–H groups in total. The number of benzene rings is 1. The second-order valence-corrected chi connectivity index (χ2v) is 3.89. The number of carbonyl (C=O) groups is 1. The summed E-state index contributed by atoms with van der Waals surface area (Å²) in [6.45, 7) is 3.34. The van der Waals surface area contributed by atoms with Crippen LogP contribution in [0, 0.1) is 11.3 Å². The van der Waals surface area contributed by atoms with Gasteiger partial charge in [-0.1, -0.05) is 37.3 Å². The highest BCUT2D eigenvalue weighted by atomic mass is 16.1. The molecule has 1 atom stereocenters. The van der Waals surface area contributed by atoms with Crippen molar-refractivity contribution in [3.63, 3.8) is 0 Å². The molecule has 1 aromatic rings. The predicted octanol–water partition coefficient (Wildman–Crippen LogP) is 2.04. The Hall–Kier alpha value is -1.82. The van der Waals surface area contributed by atoms with E-state index < -0.39 is 5.54 Å². The minimum absolute atomic E-state index is 0.167. The maximum Gasteiger partial charge on any atom is 0.218 e. The van der Waals surface area contributed by atoms with E-state index in [4.69, 9.17) is 0 Å². The maximum absolute atomic E-state index is 11.1. The van der Waals surface area contributed by atoms with Crippen molar-refractivity contribution in [2.24, 2.45) is 0 Å². The first kappa shape index (κ1) is 12.3. The zero-order valence-electron chi connectivity index (χ0n) is 9.66. The minimum atomic E-state index is -0.785. The SMILES string of the molecule is CCC(C#N)(Cc1ccccc1)NC(C)=O. The van der Waals surface area contributed by atoms with Gasteiger partial charge in [-0.3, -0.25) is 4.79 Å². The largest absolute Gasteiger partial charge is 0.338 e. The summed E-state index contributed by atoms with van der Waals surface area (Å²) in [6, 6.07) is 11.9. The predicted molar refractivity (Wildman–Crippen MR) is 62.6 cm³/mol. The second kappa shape index (κ2) is 5.32. The molecule has 1 aromatic carbocycles. The normalized spacial score (nSPS) is 13.6. The highest BCUT2D eigenvalue weighted by Gasteiger charge is 2.28. The van der Waals surface area contributed by atoms with Gasteiger partial charge in [0.15, 0.2) is 0 Å². The van der Waals surface area contributed by atoms with Gasteiger partial charge in [-0.05, 0) is 12.0 Å². The number of rotatable bonds is 4. The molecule has 16 heavy (non-hydrogen) atoms. The third-order valence-electron chi connectivity index (χ3n) is 2.58. The molecule has 0 aliphatic carbocycles. The van der Waals surface area contributed by atoms with Crippen LogP contribution in [-0.2, 0) is 11.2 Å². The van der Waals surface area contributed by atoms with E-state index in [0.29, 0.717) is 12.8 Å². The highest BCUT2D eigenvalue weighted by Crippen LogP contribution is 2.16. The van der Waals surface area contributed by atoms with Gasteiger partial charge in [0.2, 0.25) is 5.91 Å². The molecule has 0 heterocycles. The van der Waals surface area contributed by atoms with Crippen LogP contribution in [0.2, 0.25) is 0 Å². The number of hydrogen-bond acceptors (Lipinski definition) is 2. The molecule has 0 aromatic heterocycles. The van der Waals surface area contributed by atoms with E-state index in [1.165, 1.54) is 6.92 Å². The van der Waals surface area contributed by atoms with Crippen LogP contribution in [0.25, 0.3) is 0 Å². The van der Waals surface area contributed by atoms with Crippen molar-refractivity contribution in [3.05, 3.63) is 35.9 Å². The second-order valence-electron chi connectivity index (χ2n) is 3.89. The Morgan fingerprint density at radius 1 is 1.44 bits per heavy atom. The number of nitrogens with one attached hydrogen (secondary N) is 1. The lowest BCUT2D eigenvalue weighted by Gasteiger charge is -2.26. The summed E-state index contributed by atoms with van der Waals surface area (Å²) in [7, 11) is 0. The van der Waals surface area contributed by atoms with Crippen LogP contribution in [0.15, 0.2) is 30.3 Å². The fourth-order valence-corrected chi connectivity index (χ4v) is 1.69. The monoisotopic (exact) mass is 216 g/mol. The third kappa shape index (κ3) is 3.09. The molecule has 0 saturated carbocycles. The van der Waals surface area contributed by atoms with Crippen LogP contribution in [0.5, 0.6) is 0 Å². The van der Waals surface area contributed by atoms with E-state index in [-0.39, 0.29) is 5.91 Å². The molecule has 3 heteroatoms. The van der Waals surface area contributed by atoms with E-state index in [1.54, 1.807) is 0 Å². The summed E-state index contributed by atoms with van der Waals surface area (Å²) in [5.41, 5.74) is 0.271. The molecule has 0 aliphatic heterocycles. The van der Waals surface area contributed by atoms with E-state index in [1.807, 2.05) is 37.3 Å². The zero-order chi connectivity index (χ0) is 12.0. The molecule has 0 radical (unpaired) electrons. The quantitative estimate of drug-likeness (QED) is 0.837. The Balaban J connectivity index is 2.88. The number of nitrogens with zero attached hydrogens (tertiary/aromatic N) is 1. The molecule has 0 spiro atoms. The van der Waals surface area contributed by atoms with Crippen molar-refractivity contribution in [2.75, 3.05) is 0 Å². The van der Waals surface area contributed by atoms with Gasteiger partial charge in [-0.15, -0.1) is 0 Å². The standard InChI is InChI=1S/C13H16N2O/c1-3-13(10-14,15-11(2)16)9-12-7-5-4-6-8-12/h4-8H,3,9H2,1-2H3,(H,15,16). The van der Waals surface area contributed by atoms with Crippen molar-refractivity contribution in [3.8, 4) is 6.07 Å². The van der Waals surface area contributed by atoms with E-state index >= 15 is 0 Å². The van der Waals surface area contributed by atoms with Crippen LogP contribution in [0.1, 0.15) is 25.8 Å². The van der Waals surface area contributed by atoms with Crippen molar-refractivity contribution < 1.29 is 4.79 Å². The van der Waals surface area contributed by atoms with Gasteiger partial charge in [-0.2, -0.15) is 5.26 Å². The fraction of sp³-hybridized carbons (Fsp3) is 0.385. The lowest BCUT2D eigenvalue weighted by molar-refractivity contribution is -0.120. The van der Waals surface area contributed by atoms with E-state index in [9.17, 15) is 10.1 Å². The first-order chi connectivity index (χ1) is 7.62. The first-order valence-electron chi connectivity index (χ1n) is 5.36. The molecule has 0 saturated heterocycles. The van der Waals surface area contributed by atoms with E-state index in [2.05, 4.69) is 11.4 Å². The van der Waals surface area contributed by atoms with Crippen molar-refractivity contribution in [2.45, 2.75) is 32.2 Å². The van der Waals surface area contributed by atoms with Gasteiger partial charge >= 0.3 is 0 Å². The van der Waals surface area contributed by atoms with Gasteiger partial charge in [0, 0.05) is 13.3 Å². The van der Waals surface area contributed by atoms with Gasteiger partial charge in [0.1, 0.15) is 5.54 Å². The lowest BCUT2D eigenvalue weighted by Crippen LogP contribution is -2.47. The number of amides is 1. The summed E-state index contributed by atoms with van der Waals surface area (Å²) in [6.07, 6.45) is 1.14. The Bertz CT molecular complexity index is 394. The van der Waals surface area contributed by atoms with Crippen molar-refractivity contribution in [1.29, 1.82) is 5.26 Å². The Morgan fingerprint density at radius 2 is 2.06 bits per heavy atom. The Morgan fingerprint density at radius 3 is 2.50 bits per heavy atom. The lowest BCUT2D eigenvalue weighted by atomic mass is 9.89. The van der Waals surface area contributed by atoms with E-state index in [0.717, 1.165) is 5.56 Å².